The van der Waals surface area contributed by atoms with Gasteiger partial charge in [0.25, 0.3) is 11.5 Å². The molecule has 2 aromatic carbocycles. The SMILES string of the molecule is COCCN(CC(=O)N1N=C(c2ccc(C)cc2)C[C@H]1c1ccco1)Cc1nc2ccccc2c(=O)[nH]1. The Kier molecular flexibility index (Phi) is 7.25. The summed E-state index contributed by atoms with van der Waals surface area (Å²) in [6, 6.07) is 18.7. The number of furan rings is 1. The first-order chi connectivity index (χ1) is 18.0. The maximum atomic E-state index is 13.6. The van der Waals surface area contributed by atoms with Crippen molar-refractivity contribution in [2.45, 2.75) is 25.9 Å². The minimum Gasteiger partial charge on any atom is -0.467 e. The van der Waals surface area contributed by atoms with Gasteiger partial charge in [-0.1, -0.05) is 42.0 Å². The maximum absolute atomic E-state index is 13.6. The number of carbonyl (C=O) groups is 1. The van der Waals surface area contributed by atoms with Crippen LogP contribution < -0.4 is 5.56 Å². The van der Waals surface area contributed by atoms with E-state index in [0.717, 1.165) is 16.8 Å². The van der Waals surface area contributed by atoms with E-state index in [1.165, 1.54) is 5.01 Å². The third kappa shape index (κ3) is 5.52. The van der Waals surface area contributed by atoms with E-state index in [1.807, 2.05) is 54.3 Å². The monoisotopic (exact) mass is 499 g/mol. The Morgan fingerprint density at radius 3 is 2.73 bits per heavy atom. The Hall–Kier alpha value is -4.08. The molecule has 1 atom stereocenters. The van der Waals surface area contributed by atoms with E-state index in [2.05, 4.69) is 9.97 Å². The van der Waals surface area contributed by atoms with E-state index < -0.39 is 0 Å². The highest BCUT2D eigenvalue weighted by molar-refractivity contribution is 6.03. The highest BCUT2D eigenvalue weighted by Crippen LogP contribution is 2.33. The van der Waals surface area contributed by atoms with Crippen LogP contribution in [0.2, 0.25) is 0 Å². The molecule has 1 aliphatic heterocycles. The van der Waals surface area contributed by atoms with Crippen LogP contribution in [0, 0.1) is 6.92 Å². The molecule has 0 fully saturated rings. The molecule has 0 unspecified atom stereocenters. The lowest BCUT2D eigenvalue weighted by Crippen LogP contribution is -2.39. The van der Waals surface area contributed by atoms with E-state index >= 15 is 0 Å². The minimum absolute atomic E-state index is 0.0712. The summed E-state index contributed by atoms with van der Waals surface area (Å²) in [4.78, 5) is 35.5. The van der Waals surface area contributed by atoms with Gasteiger partial charge in [0.2, 0.25) is 0 Å². The Bertz CT molecular complexity index is 1460. The van der Waals surface area contributed by atoms with Gasteiger partial charge in [0.1, 0.15) is 17.6 Å². The molecule has 0 saturated carbocycles. The number of H-pyrrole nitrogens is 1. The molecule has 0 bridgehead atoms. The molecule has 9 nitrogen and oxygen atoms in total. The molecule has 2 aromatic heterocycles. The molecule has 1 amide bonds. The average molecular weight is 500 g/mol. The smallest absolute Gasteiger partial charge is 0.258 e. The van der Waals surface area contributed by atoms with Crippen LogP contribution in [0.3, 0.4) is 0 Å². The molecule has 5 rings (SSSR count). The second-order valence-electron chi connectivity index (χ2n) is 9.12. The lowest BCUT2D eigenvalue weighted by atomic mass is 10.0. The van der Waals surface area contributed by atoms with Crippen LogP contribution in [0.5, 0.6) is 0 Å². The van der Waals surface area contributed by atoms with Crippen molar-refractivity contribution in [2.75, 3.05) is 26.8 Å². The molecular weight excluding hydrogens is 470 g/mol. The van der Waals surface area contributed by atoms with Crippen molar-refractivity contribution < 1.29 is 13.9 Å². The third-order valence-electron chi connectivity index (χ3n) is 6.43. The molecule has 190 valence electrons. The molecule has 0 radical (unpaired) electrons. The van der Waals surface area contributed by atoms with Crippen molar-refractivity contribution in [2.24, 2.45) is 5.10 Å². The van der Waals surface area contributed by atoms with Crippen LogP contribution in [0.1, 0.15) is 35.2 Å². The van der Waals surface area contributed by atoms with Crippen molar-refractivity contribution in [1.82, 2.24) is 19.9 Å². The number of nitrogens with zero attached hydrogens (tertiary/aromatic N) is 4. The number of para-hydroxylation sites is 1. The molecule has 37 heavy (non-hydrogen) atoms. The Morgan fingerprint density at radius 2 is 1.97 bits per heavy atom. The summed E-state index contributed by atoms with van der Waals surface area (Å²) in [5.41, 5.74) is 3.38. The molecule has 0 saturated heterocycles. The Labute approximate surface area is 214 Å². The quantitative estimate of drug-likeness (QED) is 0.377. The minimum atomic E-state index is -0.332. The topological polar surface area (TPSA) is 104 Å². The maximum Gasteiger partial charge on any atom is 0.258 e. The lowest BCUT2D eigenvalue weighted by molar-refractivity contribution is -0.134. The molecule has 1 N–H and O–H groups in total. The summed E-state index contributed by atoms with van der Waals surface area (Å²) in [6.45, 7) is 3.29. The van der Waals surface area contributed by atoms with Gasteiger partial charge in [0.15, 0.2) is 0 Å². The van der Waals surface area contributed by atoms with Crippen LogP contribution in [0.15, 0.2) is 81.2 Å². The van der Waals surface area contributed by atoms with Gasteiger partial charge < -0.3 is 14.1 Å². The summed E-state index contributed by atoms with van der Waals surface area (Å²) < 4.78 is 10.9. The molecule has 9 heteroatoms. The van der Waals surface area contributed by atoms with Gasteiger partial charge in [0.05, 0.1) is 42.6 Å². The van der Waals surface area contributed by atoms with Crippen molar-refractivity contribution in [3.05, 3.63) is 100.0 Å². The number of rotatable bonds is 9. The summed E-state index contributed by atoms with van der Waals surface area (Å²) in [6.07, 6.45) is 2.16. The summed E-state index contributed by atoms with van der Waals surface area (Å²) in [5.74, 6) is 0.992. The molecule has 3 heterocycles. The fourth-order valence-electron chi connectivity index (χ4n) is 4.48. The van der Waals surface area contributed by atoms with Gasteiger partial charge in [-0.3, -0.25) is 14.5 Å². The van der Waals surface area contributed by atoms with Crippen molar-refractivity contribution in [3.8, 4) is 0 Å². The van der Waals surface area contributed by atoms with Gasteiger partial charge in [-0.25, -0.2) is 9.99 Å². The number of carbonyl (C=O) groups excluding carboxylic acids is 1. The Balaban J connectivity index is 1.39. The highest BCUT2D eigenvalue weighted by atomic mass is 16.5. The number of benzene rings is 2. The van der Waals surface area contributed by atoms with Crippen LogP contribution in [-0.4, -0.2) is 58.3 Å². The molecule has 1 aliphatic rings. The van der Waals surface area contributed by atoms with Crippen LogP contribution in [0.4, 0.5) is 0 Å². The van der Waals surface area contributed by atoms with Gasteiger partial charge in [-0.05, 0) is 36.8 Å². The van der Waals surface area contributed by atoms with Crippen LogP contribution >= 0.6 is 0 Å². The van der Waals surface area contributed by atoms with Gasteiger partial charge >= 0.3 is 0 Å². The predicted octanol–water partition coefficient (Wildman–Crippen LogP) is 3.65. The predicted molar refractivity (Wildman–Crippen MR) is 140 cm³/mol. The normalized spacial score (nSPS) is 15.5. The number of fused-ring (bicyclic) bond motifs is 1. The second-order valence-corrected chi connectivity index (χ2v) is 9.12. The first kappa shape index (κ1) is 24.6. The number of hydrazone groups is 1. The van der Waals surface area contributed by atoms with E-state index in [1.54, 1.807) is 31.6 Å². The fourth-order valence-corrected chi connectivity index (χ4v) is 4.48. The number of hydrogen-bond donors (Lipinski definition) is 1. The van der Waals surface area contributed by atoms with E-state index in [4.69, 9.17) is 14.3 Å². The zero-order valence-corrected chi connectivity index (χ0v) is 20.9. The number of amides is 1. The first-order valence-electron chi connectivity index (χ1n) is 12.2. The van der Waals surface area contributed by atoms with Crippen molar-refractivity contribution in [3.63, 3.8) is 0 Å². The number of ether oxygens (including phenoxy) is 1. The number of aromatic amines is 1. The Morgan fingerprint density at radius 1 is 1.16 bits per heavy atom. The zero-order valence-electron chi connectivity index (χ0n) is 20.9. The number of hydrogen-bond acceptors (Lipinski definition) is 7. The number of nitrogens with one attached hydrogen (secondary N) is 1. The van der Waals surface area contributed by atoms with Gasteiger partial charge in [-0.15, -0.1) is 0 Å². The highest BCUT2D eigenvalue weighted by Gasteiger charge is 2.35. The van der Waals surface area contributed by atoms with Crippen LogP contribution in [0.25, 0.3) is 10.9 Å². The summed E-state index contributed by atoms with van der Waals surface area (Å²) in [5, 5.41) is 6.78. The van der Waals surface area contributed by atoms with Gasteiger partial charge in [-0.2, -0.15) is 5.10 Å². The number of aromatic nitrogens is 2. The fraction of sp³-hybridized carbons (Fsp3) is 0.286. The van der Waals surface area contributed by atoms with E-state index in [0.29, 0.717) is 42.1 Å². The molecule has 0 spiro atoms. The molecule has 4 aromatic rings. The zero-order chi connectivity index (χ0) is 25.8. The standard InChI is InChI=1S/C28H29N5O4/c1-19-9-11-20(12-10-19)23-16-24(25-8-5-14-37-25)33(31-23)27(34)18-32(13-15-36-2)17-26-29-22-7-4-3-6-21(22)28(35)30-26/h3-12,14,24H,13,15-18H2,1-2H3,(H,29,30,35)/t24-/m0/s1. The average Bonchev–Trinajstić information content (AvgIpc) is 3.58. The largest absolute Gasteiger partial charge is 0.467 e. The second kappa shape index (κ2) is 10.9. The summed E-state index contributed by atoms with van der Waals surface area (Å²) >= 11 is 0. The number of methoxy groups -OCH3 is 1. The van der Waals surface area contributed by atoms with Gasteiger partial charge in [0, 0.05) is 20.1 Å². The molecular formula is C28H29N5O4. The van der Waals surface area contributed by atoms with Crippen LogP contribution in [-0.2, 0) is 16.1 Å². The molecule has 0 aliphatic carbocycles. The van der Waals surface area contributed by atoms with Crippen molar-refractivity contribution >= 4 is 22.5 Å². The lowest BCUT2D eigenvalue weighted by Gasteiger charge is -2.25. The van der Waals surface area contributed by atoms with E-state index in [9.17, 15) is 9.59 Å². The third-order valence-corrected chi connectivity index (χ3v) is 6.43. The van der Waals surface area contributed by atoms with E-state index in [-0.39, 0.29) is 30.6 Å². The summed E-state index contributed by atoms with van der Waals surface area (Å²) in [7, 11) is 1.61. The van der Waals surface area contributed by atoms with Crippen molar-refractivity contribution in [1.29, 1.82) is 0 Å². The number of aryl methyl sites for hydroxylation is 1. The first-order valence-corrected chi connectivity index (χ1v) is 12.2.